The molecule has 1 aliphatic carbocycles. The number of alkyl halides is 2. The van der Waals surface area contributed by atoms with Crippen molar-refractivity contribution in [2.24, 2.45) is 5.92 Å². The van der Waals surface area contributed by atoms with Crippen LogP contribution in [0.1, 0.15) is 72.1 Å². The number of benzene rings is 1. The smallest absolute Gasteiger partial charge is 0.394 e. The van der Waals surface area contributed by atoms with Gasteiger partial charge in [-0.1, -0.05) is 18.6 Å². The molecule has 1 aliphatic heterocycles. The van der Waals surface area contributed by atoms with Crippen molar-refractivity contribution in [1.29, 1.82) is 0 Å². The lowest BCUT2D eigenvalue weighted by molar-refractivity contribution is -0.159. The van der Waals surface area contributed by atoms with E-state index in [4.69, 9.17) is 14.2 Å². The van der Waals surface area contributed by atoms with Gasteiger partial charge in [-0.2, -0.15) is 8.78 Å². The van der Waals surface area contributed by atoms with Gasteiger partial charge in [0.2, 0.25) is 0 Å². The van der Waals surface area contributed by atoms with E-state index in [0.717, 1.165) is 31.4 Å². The van der Waals surface area contributed by atoms with E-state index in [9.17, 15) is 13.6 Å². The molecule has 3 atom stereocenters. The van der Waals surface area contributed by atoms with Crippen LogP contribution in [0.15, 0.2) is 35.7 Å². The third kappa shape index (κ3) is 7.40. The molecule has 8 heteroatoms. The van der Waals surface area contributed by atoms with Gasteiger partial charge in [0.1, 0.15) is 17.1 Å². The zero-order valence-corrected chi connectivity index (χ0v) is 20.1. The van der Waals surface area contributed by atoms with Crippen LogP contribution in [0.2, 0.25) is 0 Å². The van der Waals surface area contributed by atoms with Crippen molar-refractivity contribution >= 4 is 5.78 Å². The number of carbonyl (C=O) groups excluding carboxylic acids is 1. The molecule has 0 saturated heterocycles. The number of halogens is 2. The number of hydrogen-bond acceptors (Lipinski definition) is 6. The van der Waals surface area contributed by atoms with Gasteiger partial charge in [-0.25, -0.2) is 0 Å². The molecular formula is C25H35F2NO5. The lowest BCUT2D eigenvalue weighted by Crippen LogP contribution is -2.36. The van der Waals surface area contributed by atoms with Crippen molar-refractivity contribution in [3.63, 3.8) is 0 Å². The molecule has 6 nitrogen and oxygen atoms in total. The summed E-state index contributed by atoms with van der Waals surface area (Å²) in [6.07, 6.45) is 0.354. The maximum absolute atomic E-state index is 13.2. The molecule has 0 aromatic heterocycles. The minimum Gasteiger partial charge on any atom is -0.469 e. The SMILES string of the molecule is CC(=O)C(C)(C)OCC1CCCC(OCC2=C(C)OC(c3cccc(OC(C)(F)F)c3)N2)C1. The number of ketones is 1. The van der Waals surface area contributed by atoms with Gasteiger partial charge in [0.25, 0.3) is 0 Å². The number of nitrogens with one attached hydrogen (secondary N) is 1. The lowest BCUT2D eigenvalue weighted by atomic mass is 9.87. The zero-order chi connectivity index (χ0) is 24.2. The maximum Gasteiger partial charge on any atom is 0.394 e. The summed E-state index contributed by atoms with van der Waals surface area (Å²) in [5.41, 5.74) is 0.767. The molecule has 0 amide bonds. The highest BCUT2D eigenvalue weighted by Gasteiger charge is 2.30. The molecule has 1 heterocycles. The number of ether oxygens (including phenoxy) is 4. The van der Waals surface area contributed by atoms with Gasteiger partial charge < -0.3 is 24.3 Å². The Bertz CT molecular complexity index is 865. The van der Waals surface area contributed by atoms with E-state index < -0.39 is 17.9 Å². The van der Waals surface area contributed by atoms with Gasteiger partial charge >= 0.3 is 6.11 Å². The second-order valence-corrected chi connectivity index (χ2v) is 9.50. The van der Waals surface area contributed by atoms with E-state index in [1.165, 1.54) is 6.07 Å². The van der Waals surface area contributed by atoms with Crippen LogP contribution in [0.4, 0.5) is 8.78 Å². The van der Waals surface area contributed by atoms with Gasteiger partial charge in [-0.15, -0.1) is 0 Å². The van der Waals surface area contributed by atoms with Crippen LogP contribution in [0.25, 0.3) is 0 Å². The van der Waals surface area contributed by atoms with Crippen molar-refractivity contribution in [3.8, 4) is 5.75 Å². The Morgan fingerprint density at radius 1 is 1.24 bits per heavy atom. The van der Waals surface area contributed by atoms with E-state index >= 15 is 0 Å². The van der Waals surface area contributed by atoms with Crippen LogP contribution in [0.5, 0.6) is 5.75 Å². The van der Waals surface area contributed by atoms with E-state index in [1.54, 1.807) is 39.0 Å². The standard InChI is InChI=1S/C25H35F2NO5/c1-16-22(28-23(32-16)19-9-7-11-21(13-19)33-25(5,26)27)15-30-20-10-6-8-18(12-20)14-31-24(3,4)17(2)29/h7,9,11,13,18,20,23,28H,6,8,10,12,14-15H2,1-5H3. The molecular weight excluding hydrogens is 432 g/mol. The van der Waals surface area contributed by atoms with Crippen molar-refractivity contribution in [3.05, 3.63) is 41.3 Å². The highest BCUT2D eigenvalue weighted by molar-refractivity contribution is 5.83. The number of rotatable bonds is 10. The molecule has 3 rings (SSSR count). The summed E-state index contributed by atoms with van der Waals surface area (Å²) in [5, 5.41) is 3.28. The van der Waals surface area contributed by atoms with Crippen LogP contribution in [-0.4, -0.2) is 36.8 Å². The quantitative estimate of drug-likeness (QED) is 0.491. The van der Waals surface area contributed by atoms with E-state index in [-0.39, 0.29) is 17.6 Å². The fraction of sp³-hybridized carbons (Fsp3) is 0.640. The third-order valence-electron chi connectivity index (χ3n) is 6.21. The van der Waals surface area contributed by atoms with E-state index in [1.807, 2.05) is 6.92 Å². The Hall–Kier alpha value is -2.19. The number of hydrogen-bond donors (Lipinski definition) is 1. The molecule has 1 N–H and O–H groups in total. The first kappa shape index (κ1) is 25.4. The largest absolute Gasteiger partial charge is 0.469 e. The Morgan fingerprint density at radius 2 is 2.00 bits per heavy atom. The van der Waals surface area contributed by atoms with Gasteiger partial charge in [0, 0.05) is 12.5 Å². The fourth-order valence-corrected chi connectivity index (χ4v) is 3.95. The minimum atomic E-state index is -3.25. The molecule has 0 bridgehead atoms. The summed E-state index contributed by atoms with van der Waals surface area (Å²) in [5.74, 6) is 1.18. The van der Waals surface area contributed by atoms with Gasteiger partial charge in [-0.3, -0.25) is 4.79 Å². The predicted molar refractivity (Wildman–Crippen MR) is 120 cm³/mol. The van der Waals surface area contributed by atoms with Crippen molar-refractivity contribution < 1.29 is 32.5 Å². The number of carbonyl (C=O) groups is 1. The Kier molecular flexibility index (Phi) is 8.00. The van der Waals surface area contributed by atoms with Gasteiger partial charge in [0.15, 0.2) is 12.0 Å². The minimum absolute atomic E-state index is 0.0240. The highest BCUT2D eigenvalue weighted by Crippen LogP contribution is 2.32. The van der Waals surface area contributed by atoms with E-state index in [0.29, 0.717) is 37.4 Å². The zero-order valence-electron chi connectivity index (χ0n) is 20.1. The van der Waals surface area contributed by atoms with Crippen LogP contribution >= 0.6 is 0 Å². The normalized spacial score (nSPS) is 23.8. The molecule has 0 spiro atoms. The average molecular weight is 468 g/mol. The average Bonchev–Trinajstić information content (AvgIpc) is 3.11. The summed E-state index contributed by atoms with van der Waals surface area (Å²) in [6, 6.07) is 6.48. The second-order valence-electron chi connectivity index (χ2n) is 9.50. The summed E-state index contributed by atoms with van der Waals surface area (Å²) in [4.78, 5) is 11.7. The second kappa shape index (κ2) is 10.4. The number of Topliss-reactive ketones (excluding diaryl/α,β-unsaturated/α-hetero) is 1. The van der Waals surface area contributed by atoms with Crippen molar-refractivity contribution in [2.45, 2.75) is 84.3 Å². The Labute approximate surface area is 194 Å². The highest BCUT2D eigenvalue weighted by atomic mass is 19.3. The first-order chi connectivity index (χ1) is 15.4. The molecule has 1 aromatic carbocycles. The molecule has 33 heavy (non-hydrogen) atoms. The molecule has 1 saturated carbocycles. The van der Waals surface area contributed by atoms with E-state index in [2.05, 4.69) is 10.1 Å². The Balaban J connectivity index is 1.49. The topological polar surface area (TPSA) is 66.0 Å². The molecule has 0 radical (unpaired) electrons. The molecule has 2 aliphatic rings. The molecule has 1 aromatic rings. The fourth-order valence-electron chi connectivity index (χ4n) is 3.95. The molecule has 3 unspecified atom stereocenters. The monoisotopic (exact) mass is 467 g/mol. The first-order valence-electron chi connectivity index (χ1n) is 11.5. The summed E-state index contributed by atoms with van der Waals surface area (Å²) in [6.45, 7) is 8.65. The van der Waals surface area contributed by atoms with Crippen molar-refractivity contribution in [2.75, 3.05) is 13.2 Å². The first-order valence-corrected chi connectivity index (χ1v) is 11.5. The Morgan fingerprint density at radius 3 is 2.70 bits per heavy atom. The van der Waals surface area contributed by atoms with Gasteiger partial charge in [-0.05, 0) is 65.0 Å². The number of allylic oxidation sites excluding steroid dienone is 1. The third-order valence-corrected chi connectivity index (χ3v) is 6.21. The predicted octanol–water partition coefficient (Wildman–Crippen LogP) is 5.49. The van der Waals surface area contributed by atoms with Gasteiger partial charge in [0.05, 0.1) is 25.0 Å². The van der Waals surface area contributed by atoms with Crippen LogP contribution in [0, 0.1) is 5.92 Å². The summed E-state index contributed by atoms with van der Waals surface area (Å²) < 4.78 is 48.9. The van der Waals surface area contributed by atoms with Crippen LogP contribution in [0.3, 0.4) is 0 Å². The summed E-state index contributed by atoms with van der Waals surface area (Å²) >= 11 is 0. The summed E-state index contributed by atoms with van der Waals surface area (Å²) in [7, 11) is 0. The van der Waals surface area contributed by atoms with Crippen LogP contribution < -0.4 is 10.1 Å². The lowest BCUT2D eigenvalue weighted by Gasteiger charge is -2.31. The molecule has 1 fully saturated rings. The molecule has 184 valence electrons. The maximum atomic E-state index is 13.2. The van der Waals surface area contributed by atoms with Crippen LogP contribution in [-0.2, 0) is 19.0 Å². The van der Waals surface area contributed by atoms with Crippen molar-refractivity contribution in [1.82, 2.24) is 5.32 Å².